The molecule has 1 aliphatic heterocycles. The van der Waals surface area contributed by atoms with Crippen LogP contribution in [0.2, 0.25) is 5.02 Å². The Kier molecular flexibility index (Phi) is 6.69. The summed E-state index contributed by atoms with van der Waals surface area (Å²) in [7, 11) is 2.17. The first-order valence-corrected chi connectivity index (χ1v) is 7.24. The van der Waals surface area contributed by atoms with E-state index in [0.29, 0.717) is 5.92 Å². The van der Waals surface area contributed by atoms with Gasteiger partial charge in [0, 0.05) is 11.1 Å². The molecule has 1 aliphatic rings. The molecule has 1 fully saturated rings. The van der Waals surface area contributed by atoms with Gasteiger partial charge < -0.3 is 10.6 Å². The normalized spacial score (nSPS) is 18.9. The van der Waals surface area contributed by atoms with Gasteiger partial charge in [-0.2, -0.15) is 0 Å². The minimum absolute atomic E-state index is 0.158. The lowest BCUT2D eigenvalue weighted by atomic mass is 9.86. The van der Waals surface area contributed by atoms with E-state index >= 15 is 0 Å². The number of likely N-dealkylation sites (tertiary alicyclic amines) is 1. The molecule has 1 aromatic carbocycles. The largest absolute Gasteiger partial charge is 0.324 e. The lowest BCUT2D eigenvalue weighted by molar-refractivity contribution is 0.199. The molecule has 18 heavy (non-hydrogen) atoms. The highest BCUT2D eigenvalue weighted by Crippen LogP contribution is 2.28. The third kappa shape index (κ3) is 4.27. The predicted octanol–water partition coefficient (Wildman–Crippen LogP) is 3.71. The van der Waals surface area contributed by atoms with Crippen molar-refractivity contribution in [3.05, 3.63) is 34.9 Å². The zero-order chi connectivity index (χ0) is 13.5. The third-order valence-corrected chi connectivity index (χ3v) is 3.78. The zero-order valence-electron chi connectivity index (χ0n) is 11.7. The number of piperidine rings is 1. The Morgan fingerprint density at radius 2 is 1.67 bits per heavy atom. The van der Waals surface area contributed by atoms with E-state index in [4.69, 9.17) is 17.3 Å². The summed E-state index contributed by atoms with van der Waals surface area (Å²) in [5.74, 6) is 0.609. The Labute approximate surface area is 116 Å². The SMILES string of the molecule is CC.CN1CCC(C(N)c2ccc(Cl)cc2)CC1. The average molecular weight is 269 g/mol. The van der Waals surface area contributed by atoms with Crippen LogP contribution in [0.25, 0.3) is 0 Å². The number of nitrogens with zero attached hydrogens (tertiary/aromatic N) is 1. The van der Waals surface area contributed by atoms with Crippen LogP contribution in [0.3, 0.4) is 0 Å². The monoisotopic (exact) mass is 268 g/mol. The molecule has 1 atom stereocenters. The van der Waals surface area contributed by atoms with Crippen LogP contribution in [0.4, 0.5) is 0 Å². The van der Waals surface area contributed by atoms with Crippen LogP contribution in [0, 0.1) is 5.92 Å². The topological polar surface area (TPSA) is 29.3 Å². The van der Waals surface area contributed by atoms with Gasteiger partial charge in [-0.15, -0.1) is 0 Å². The molecular weight excluding hydrogens is 244 g/mol. The van der Waals surface area contributed by atoms with Crippen molar-refractivity contribution in [1.82, 2.24) is 4.90 Å². The standard InChI is InChI=1S/C13H19ClN2.C2H6/c1-16-8-6-11(7-9-16)13(15)10-2-4-12(14)5-3-10;1-2/h2-5,11,13H,6-9,15H2,1H3;1-2H3. The van der Waals surface area contributed by atoms with E-state index in [-0.39, 0.29) is 6.04 Å². The van der Waals surface area contributed by atoms with Crippen molar-refractivity contribution >= 4 is 11.6 Å². The van der Waals surface area contributed by atoms with E-state index in [1.54, 1.807) is 0 Å². The van der Waals surface area contributed by atoms with Crippen molar-refractivity contribution in [1.29, 1.82) is 0 Å². The maximum Gasteiger partial charge on any atom is 0.0406 e. The second-order valence-electron chi connectivity index (χ2n) is 4.72. The maximum atomic E-state index is 6.30. The highest BCUT2D eigenvalue weighted by atomic mass is 35.5. The van der Waals surface area contributed by atoms with Crippen LogP contribution in [0.15, 0.2) is 24.3 Å². The number of benzene rings is 1. The van der Waals surface area contributed by atoms with Gasteiger partial charge in [0.1, 0.15) is 0 Å². The van der Waals surface area contributed by atoms with E-state index in [0.717, 1.165) is 18.1 Å². The molecule has 1 heterocycles. The molecule has 0 aromatic heterocycles. The van der Waals surface area contributed by atoms with Gasteiger partial charge in [0.05, 0.1) is 0 Å². The van der Waals surface area contributed by atoms with Crippen molar-refractivity contribution < 1.29 is 0 Å². The lowest BCUT2D eigenvalue weighted by Crippen LogP contribution is -2.35. The Balaban J connectivity index is 0.000000771. The first kappa shape index (κ1) is 15.5. The molecule has 0 aliphatic carbocycles. The summed E-state index contributed by atoms with van der Waals surface area (Å²) in [6.07, 6.45) is 2.39. The van der Waals surface area contributed by atoms with Gasteiger partial charge in [-0.3, -0.25) is 0 Å². The number of hydrogen-bond acceptors (Lipinski definition) is 2. The number of halogens is 1. The first-order valence-electron chi connectivity index (χ1n) is 6.86. The van der Waals surface area contributed by atoms with Crippen LogP contribution < -0.4 is 5.73 Å². The Morgan fingerprint density at radius 3 is 2.17 bits per heavy atom. The van der Waals surface area contributed by atoms with Crippen molar-refractivity contribution in [3.8, 4) is 0 Å². The van der Waals surface area contributed by atoms with Crippen LogP contribution in [-0.2, 0) is 0 Å². The molecule has 2 nitrogen and oxygen atoms in total. The fourth-order valence-corrected chi connectivity index (χ4v) is 2.47. The van der Waals surface area contributed by atoms with Gasteiger partial charge in [-0.25, -0.2) is 0 Å². The molecule has 2 rings (SSSR count). The van der Waals surface area contributed by atoms with Crippen LogP contribution in [0.1, 0.15) is 38.3 Å². The first-order chi connectivity index (χ1) is 8.66. The number of hydrogen-bond donors (Lipinski definition) is 1. The molecule has 1 unspecified atom stereocenters. The van der Waals surface area contributed by atoms with Crippen molar-refractivity contribution in [3.63, 3.8) is 0 Å². The van der Waals surface area contributed by atoms with E-state index in [9.17, 15) is 0 Å². The molecule has 0 spiro atoms. The van der Waals surface area contributed by atoms with Gasteiger partial charge in [0.15, 0.2) is 0 Å². The van der Waals surface area contributed by atoms with Gasteiger partial charge in [0.2, 0.25) is 0 Å². The molecular formula is C15H25ClN2. The van der Waals surface area contributed by atoms with Crippen LogP contribution in [0.5, 0.6) is 0 Å². The lowest BCUT2D eigenvalue weighted by Gasteiger charge is -2.32. The minimum atomic E-state index is 0.158. The quantitative estimate of drug-likeness (QED) is 0.886. The van der Waals surface area contributed by atoms with Gasteiger partial charge in [-0.05, 0) is 56.6 Å². The Hall–Kier alpha value is -0.570. The van der Waals surface area contributed by atoms with E-state index in [1.807, 2.05) is 38.1 Å². The second-order valence-corrected chi connectivity index (χ2v) is 5.15. The summed E-state index contributed by atoms with van der Waals surface area (Å²) < 4.78 is 0. The second kappa shape index (κ2) is 7.78. The molecule has 0 radical (unpaired) electrons. The maximum absolute atomic E-state index is 6.30. The third-order valence-electron chi connectivity index (χ3n) is 3.53. The fourth-order valence-electron chi connectivity index (χ4n) is 2.34. The number of nitrogens with two attached hydrogens (primary N) is 1. The molecule has 0 amide bonds. The van der Waals surface area contributed by atoms with Gasteiger partial charge in [0.25, 0.3) is 0 Å². The smallest absolute Gasteiger partial charge is 0.0406 e. The van der Waals surface area contributed by atoms with Crippen LogP contribution in [-0.4, -0.2) is 25.0 Å². The minimum Gasteiger partial charge on any atom is -0.324 e. The Morgan fingerprint density at radius 1 is 1.17 bits per heavy atom. The number of rotatable bonds is 2. The highest BCUT2D eigenvalue weighted by molar-refractivity contribution is 6.30. The molecule has 1 saturated heterocycles. The molecule has 102 valence electrons. The molecule has 1 aromatic rings. The molecule has 2 N–H and O–H groups in total. The average Bonchev–Trinajstić information content (AvgIpc) is 2.42. The van der Waals surface area contributed by atoms with Gasteiger partial charge >= 0.3 is 0 Å². The van der Waals surface area contributed by atoms with Crippen molar-refractivity contribution in [2.24, 2.45) is 11.7 Å². The van der Waals surface area contributed by atoms with Crippen LogP contribution >= 0.6 is 11.6 Å². The van der Waals surface area contributed by atoms with E-state index in [1.165, 1.54) is 18.4 Å². The zero-order valence-corrected chi connectivity index (χ0v) is 12.5. The van der Waals surface area contributed by atoms with Gasteiger partial charge in [-0.1, -0.05) is 37.6 Å². The summed E-state index contributed by atoms with van der Waals surface area (Å²) in [5.41, 5.74) is 7.51. The van der Waals surface area contributed by atoms with Crippen molar-refractivity contribution in [2.75, 3.05) is 20.1 Å². The summed E-state index contributed by atoms with van der Waals surface area (Å²) in [5, 5.41) is 0.777. The summed E-state index contributed by atoms with van der Waals surface area (Å²) in [6, 6.07) is 8.10. The molecule has 0 saturated carbocycles. The summed E-state index contributed by atoms with van der Waals surface area (Å²) >= 11 is 5.87. The summed E-state index contributed by atoms with van der Waals surface area (Å²) in [6.45, 7) is 6.32. The predicted molar refractivity (Wildman–Crippen MR) is 79.9 cm³/mol. The van der Waals surface area contributed by atoms with E-state index < -0.39 is 0 Å². The highest BCUT2D eigenvalue weighted by Gasteiger charge is 2.23. The summed E-state index contributed by atoms with van der Waals surface area (Å²) in [4.78, 5) is 2.37. The Bertz CT molecular complexity index is 329. The fraction of sp³-hybridized carbons (Fsp3) is 0.600. The van der Waals surface area contributed by atoms with E-state index in [2.05, 4.69) is 11.9 Å². The molecule has 3 heteroatoms. The van der Waals surface area contributed by atoms with Crippen molar-refractivity contribution in [2.45, 2.75) is 32.7 Å². The molecule has 0 bridgehead atoms.